The van der Waals surface area contributed by atoms with Crippen molar-refractivity contribution in [3.8, 4) is 28.1 Å². The molecule has 4 aromatic rings. The predicted octanol–water partition coefficient (Wildman–Crippen LogP) is 3.77. The number of para-hydroxylation sites is 1. The maximum absolute atomic E-state index is 13.4. The van der Waals surface area contributed by atoms with Gasteiger partial charge in [-0.1, -0.05) is 12.1 Å². The van der Waals surface area contributed by atoms with E-state index in [2.05, 4.69) is 20.1 Å². The number of alkyl halides is 3. The molecule has 3 heterocycles. The normalized spacial score (nSPS) is 11.8. The summed E-state index contributed by atoms with van der Waals surface area (Å²) >= 11 is 0. The quantitative estimate of drug-likeness (QED) is 0.563. The summed E-state index contributed by atoms with van der Waals surface area (Å²) in [6, 6.07) is 9.52. The van der Waals surface area contributed by atoms with Crippen molar-refractivity contribution in [2.24, 2.45) is 0 Å². The van der Waals surface area contributed by atoms with Crippen molar-refractivity contribution in [1.82, 2.24) is 24.6 Å². The Morgan fingerprint density at radius 1 is 1.10 bits per heavy atom. The van der Waals surface area contributed by atoms with Crippen LogP contribution in [0.5, 0.6) is 5.75 Å². The second-order valence-corrected chi connectivity index (χ2v) is 6.27. The summed E-state index contributed by atoms with van der Waals surface area (Å²) in [7, 11) is 1.50. The number of hydrogen-bond acceptors (Lipinski definition) is 6. The first kappa shape index (κ1) is 18.7. The smallest absolute Gasteiger partial charge is 0.433 e. The predicted molar refractivity (Wildman–Crippen MR) is 100 cm³/mol. The fraction of sp³-hybridized carbons (Fsp3) is 0.158. The number of fused-ring (bicyclic) bond motifs is 1. The summed E-state index contributed by atoms with van der Waals surface area (Å²) < 4.78 is 46.8. The Kier molecular flexibility index (Phi) is 4.33. The number of anilines is 1. The number of halogens is 3. The van der Waals surface area contributed by atoms with E-state index < -0.39 is 11.9 Å². The van der Waals surface area contributed by atoms with Crippen LogP contribution in [0.25, 0.3) is 28.0 Å². The van der Waals surface area contributed by atoms with E-state index in [0.29, 0.717) is 22.6 Å². The molecule has 0 spiro atoms. The topological polar surface area (TPSA) is 91.2 Å². The van der Waals surface area contributed by atoms with E-state index in [-0.39, 0.29) is 22.9 Å². The van der Waals surface area contributed by atoms with Gasteiger partial charge in [0.25, 0.3) is 0 Å². The van der Waals surface area contributed by atoms with Gasteiger partial charge in [0.1, 0.15) is 17.8 Å². The van der Waals surface area contributed by atoms with Crippen LogP contribution >= 0.6 is 0 Å². The average molecular weight is 400 g/mol. The third kappa shape index (κ3) is 3.22. The molecule has 2 N–H and O–H groups in total. The zero-order chi connectivity index (χ0) is 20.8. The van der Waals surface area contributed by atoms with Crippen LogP contribution in [0.3, 0.4) is 0 Å². The Morgan fingerprint density at radius 3 is 2.59 bits per heavy atom. The molecular weight excluding hydrogens is 385 g/mol. The van der Waals surface area contributed by atoms with Gasteiger partial charge in [0, 0.05) is 11.3 Å². The second-order valence-electron chi connectivity index (χ2n) is 6.27. The highest BCUT2D eigenvalue weighted by molar-refractivity contribution is 5.92. The molecule has 0 bridgehead atoms. The number of ether oxygens (including phenoxy) is 1. The number of benzene rings is 1. The first-order valence-electron chi connectivity index (χ1n) is 8.48. The zero-order valence-corrected chi connectivity index (χ0v) is 15.4. The van der Waals surface area contributed by atoms with Gasteiger partial charge in [-0.15, -0.1) is 0 Å². The highest BCUT2D eigenvalue weighted by Crippen LogP contribution is 2.40. The van der Waals surface area contributed by atoms with Crippen molar-refractivity contribution < 1.29 is 17.9 Å². The van der Waals surface area contributed by atoms with Crippen LogP contribution in [0.2, 0.25) is 0 Å². The molecular formula is C19H15F3N6O. The number of rotatable bonds is 3. The Labute approximate surface area is 163 Å². The lowest BCUT2D eigenvalue weighted by atomic mass is 9.98. The van der Waals surface area contributed by atoms with Crippen LogP contribution < -0.4 is 10.5 Å². The minimum absolute atomic E-state index is 0.0454. The molecule has 0 aliphatic carbocycles. The van der Waals surface area contributed by atoms with Crippen LogP contribution in [0, 0.1) is 6.92 Å². The molecule has 148 valence electrons. The standard InChI is InChI=1S/C19H15F3N6O/c1-10-7-11(8-14(26-10)19(20,21)22)15-16(12-5-3-4-6-13(12)29-2)27-18(23)28-17(15)24-9-25-28/h3-9H,1-2H3,(H2,23,27). The Bertz CT molecular complexity index is 1220. The minimum Gasteiger partial charge on any atom is -0.496 e. The maximum Gasteiger partial charge on any atom is 0.433 e. The number of aromatic nitrogens is 5. The van der Waals surface area contributed by atoms with Crippen LogP contribution in [-0.4, -0.2) is 31.7 Å². The highest BCUT2D eigenvalue weighted by atomic mass is 19.4. The van der Waals surface area contributed by atoms with Crippen LogP contribution in [-0.2, 0) is 6.18 Å². The van der Waals surface area contributed by atoms with Crippen LogP contribution in [0.4, 0.5) is 19.1 Å². The van der Waals surface area contributed by atoms with E-state index in [0.717, 1.165) is 6.07 Å². The number of methoxy groups -OCH3 is 1. The van der Waals surface area contributed by atoms with Gasteiger partial charge in [-0.25, -0.2) is 15.0 Å². The largest absolute Gasteiger partial charge is 0.496 e. The van der Waals surface area contributed by atoms with E-state index in [1.165, 1.54) is 30.9 Å². The third-order valence-corrected chi connectivity index (χ3v) is 4.35. The third-order valence-electron chi connectivity index (χ3n) is 4.35. The number of hydrogen-bond donors (Lipinski definition) is 1. The molecule has 10 heteroatoms. The second kappa shape index (κ2) is 6.73. The van der Waals surface area contributed by atoms with Crippen molar-refractivity contribution in [2.45, 2.75) is 13.1 Å². The zero-order valence-electron chi connectivity index (χ0n) is 15.4. The molecule has 7 nitrogen and oxygen atoms in total. The first-order chi connectivity index (χ1) is 13.8. The summed E-state index contributed by atoms with van der Waals surface area (Å²) in [5.74, 6) is 0.537. The minimum atomic E-state index is -4.60. The molecule has 0 amide bonds. The van der Waals surface area contributed by atoms with Crippen molar-refractivity contribution in [2.75, 3.05) is 12.8 Å². The average Bonchev–Trinajstić information content (AvgIpc) is 3.17. The lowest BCUT2D eigenvalue weighted by Crippen LogP contribution is -2.10. The summed E-state index contributed by atoms with van der Waals surface area (Å²) in [6.07, 6.45) is -3.34. The molecule has 0 atom stereocenters. The molecule has 0 unspecified atom stereocenters. The van der Waals surface area contributed by atoms with Gasteiger partial charge in [-0.2, -0.15) is 22.8 Å². The monoisotopic (exact) mass is 400 g/mol. The molecule has 0 fully saturated rings. The van der Waals surface area contributed by atoms with E-state index >= 15 is 0 Å². The number of nitrogens with two attached hydrogens (primary N) is 1. The molecule has 0 aliphatic heterocycles. The van der Waals surface area contributed by atoms with Crippen molar-refractivity contribution in [3.63, 3.8) is 0 Å². The Balaban J connectivity index is 2.11. The molecule has 0 radical (unpaired) electrons. The summed E-state index contributed by atoms with van der Waals surface area (Å²) in [5.41, 5.74) is 6.98. The number of nitrogens with zero attached hydrogens (tertiary/aromatic N) is 5. The van der Waals surface area contributed by atoms with Gasteiger partial charge < -0.3 is 10.5 Å². The Hall–Kier alpha value is -3.69. The molecule has 0 aliphatic rings. The van der Waals surface area contributed by atoms with Crippen molar-refractivity contribution in [1.29, 1.82) is 0 Å². The molecule has 4 rings (SSSR count). The fourth-order valence-electron chi connectivity index (χ4n) is 3.16. The van der Waals surface area contributed by atoms with Crippen LogP contribution in [0.15, 0.2) is 42.7 Å². The first-order valence-corrected chi connectivity index (χ1v) is 8.48. The van der Waals surface area contributed by atoms with E-state index in [9.17, 15) is 13.2 Å². The molecule has 1 aromatic carbocycles. The Morgan fingerprint density at radius 2 is 1.86 bits per heavy atom. The van der Waals surface area contributed by atoms with Crippen molar-refractivity contribution >= 4 is 11.6 Å². The van der Waals surface area contributed by atoms with Crippen LogP contribution in [0.1, 0.15) is 11.4 Å². The van der Waals surface area contributed by atoms with Gasteiger partial charge in [0.15, 0.2) is 5.65 Å². The number of aryl methyl sites for hydroxylation is 1. The molecule has 0 saturated heterocycles. The molecule has 0 saturated carbocycles. The summed E-state index contributed by atoms with van der Waals surface area (Å²) in [5, 5.41) is 4.02. The molecule has 29 heavy (non-hydrogen) atoms. The van der Waals surface area contributed by atoms with E-state index in [1.807, 2.05) is 0 Å². The maximum atomic E-state index is 13.4. The lowest BCUT2D eigenvalue weighted by Gasteiger charge is -2.16. The fourth-order valence-corrected chi connectivity index (χ4v) is 3.16. The van der Waals surface area contributed by atoms with Gasteiger partial charge in [0.05, 0.1) is 18.4 Å². The van der Waals surface area contributed by atoms with Gasteiger partial charge in [-0.3, -0.25) is 0 Å². The number of nitrogen functional groups attached to an aromatic ring is 1. The van der Waals surface area contributed by atoms with Gasteiger partial charge in [0.2, 0.25) is 5.95 Å². The summed E-state index contributed by atoms with van der Waals surface area (Å²) in [6.45, 7) is 1.49. The van der Waals surface area contributed by atoms with E-state index in [1.54, 1.807) is 24.3 Å². The highest BCUT2D eigenvalue weighted by Gasteiger charge is 2.33. The van der Waals surface area contributed by atoms with Gasteiger partial charge in [-0.05, 0) is 36.8 Å². The lowest BCUT2D eigenvalue weighted by molar-refractivity contribution is -0.141. The molecule has 3 aromatic heterocycles. The number of pyridine rings is 1. The van der Waals surface area contributed by atoms with Crippen molar-refractivity contribution in [3.05, 3.63) is 54.1 Å². The van der Waals surface area contributed by atoms with E-state index in [4.69, 9.17) is 10.5 Å². The SMILES string of the molecule is COc1ccccc1-c1nc(N)n2ncnc2c1-c1cc(C)nc(C(F)(F)F)c1. The van der Waals surface area contributed by atoms with Gasteiger partial charge >= 0.3 is 6.18 Å². The summed E-state index contributed by atoms with van der Waals surface area (Å²) in [4.78, 5) is 12.2.